The smallest absolute Gasteiger partial charge is 0.251 e. The molecule has 0 aliphatic rings. The van der Waals surface area contributed by atoms with Gasteiger partial charge >= 0.3 is 0 Å². The molecule has 0 radical (unpaired) electrons. The fourth-order valence-electron chi connectivity index (χ4n) is 4.57. The third kappa shape index (κ3) is 7.22. The first-order valence-electron chi connectivity index (χ1n) is 13.1. The molecule has 0 aliphatic heterocycles. The molecule has 0 atom stereocenters. The number of halogens is 1. The van der Waals surface area contributed by atoms with Gasteiger partial charge in [0.15, 0.2) is 0 Å². The molecule has 1 amide bonds. The summed E-state index contributed by atoms with van der Waals surface area (Å²) in [5.74, 6) is 2.46. The van der Waals surface area contributed by atoms with E-state index in [1.54, 1.807) is 0 Å². The highest BCUT2D eigenvalue weighted by molar-refractivity contribution is 9.10. The standard InChI is InChI=1S/C31H36BrN3O2/c1-22(2)26-16-15-23(3)20-29(26)37-19-18-35-28-13-7-6-12-27(28)34-30(35)14-5-4-8-17-33-31(36)24-10-9-11-25(32)21-24/h6-7,9-13,15-16,20-22H,4-5,8,14,17-19H2,1-3H3,(H,33,36). The maximum absolute atomic E-state index is 12.3. The second-order valence-corrected chi connectivity index (χ2v) is 10.7. The van der Waals surface area contributed by atoms with Gasteiger partial charge < -0.3 is 14.6 Å². The summed E-state index contributed by atoms with van der Waals surface area (Å²) < 4.78 is 9.50. The normalized spacial score (nSPS) is 11.3. The third-order valence-electron chi connectivity index (χ3n) is 6.55. The molecule has 194 valence electrons. The Kier molecular flexibility index (Phi) is 9.40. The van der Waals surface area contributed by atoms with Crippen LogP contribution in [-0.4, -0.2) is 28.6 Å². The van der Waals surface area contributed by atoms with E-state index in [1.807, 2.05) is 30.3 Å². The Bertz CT molecular complexity index is 1350. The van der Waals surface area contributed by atoms with Gasteiger partial charge in [0.2, 0.25) is 0 Å². The zero-order valence-electron chi connectivity index (χ0n) is 22.0. The monoisotopic (exact) mass is 561 g/mol. The fraction of sp³-hybridized carbons (Fsp3) is 0.355. The van der Waals surface area contributed by atoms with Crippen molar-refractivity contribution >= 4 is 32.9 Å². The Hall–Kier alpha value is -3.12. The van der Waals surface area contributed by atoms with Crippen LogP contribution in [0.4, 0.5) is 0 Å². The lowest BCUT2D eigenvalue weighted by Crippen LogP contribution is -2.24. The average Bonchev–Trinajstić information content (AvgIpc) is 3.23. The minimum atomic E-state index is -0.0303. The molecule has 1 N–H and O–H groups in total. The van der Waals surface area contributed by atoms with Crippen LogP contribution < -0.4 is 10.1 Å². The van der Waals surface area contributed by atoms with Crippen molar-refractivity contribution < 1.29 is 9.53 Å². The van der Waals surface area contributed by atoms with Crippen molar-refractivity contribution in [3.8, 4) is 5.75 Å². The molecule has 37 heavy (non-hydrogen) atoms. The van der Waals surface area contributed by atoms with Gasteiger partial charge in [-0.2, -0.15) is 0 Å². The Morgan fingerprint density at radius 3 is 2.68 bits per heavy atom. The SMILES string of the molecule is Cc1ccc(C(C)C)c(OCCn2c(CCCCCNC(=O)c3cccc(Br)c3)nc3ccccc32)c1. The molecule has 6 heteroatoms. The Labute approximate surface area is 228 Å². The summed E-state index contributed by atoms with van der Waals surface area (Å²) in [7, 11) is 0. The molecule has 5 nitrogen and oxygen atoms in total. The summed E-state index contributed by atoms with van der Waals surface area (Å²) in [5.41, 5.74) is 5.30. The van der Waals surface area contributed by atoms with Crippen LogP contribution in [0.1, 0.15) is 66.3 Å². The lowest BCUT2D eigenvalue weighted by molar-refractivity contribution is 0.0953. The van der Waals surface area contributed by atoms with Gasteiger partial charge in [0.1, 0.15) is 18.2 Å². The minimum Gasteiger partial charge on any atom is -0.491 e. The van der Waals surface area contributed by atoms with E-state index in [0.717, 1.165) is 59.3 Å². The molecule has 1 heterocycles. The van der Waals surface area contributed by atoms with E-state index in [1.165, 1.54) is 11.1 Å². The van der Waals surface area contributed by atoms with E-state index >= 15 is 0 Å². The lowest BCUT2D eigenvalue weighted by atomic mass is 10.0. The minimum absolute atomic E-state index is 0.0303. The van der Waals surface area contributed by atoms with Gasteiger partial charge in [0.25, 0.3) is 5.91 Å². The fourth-order valence-corrected chi connectivity index (χ4v) is 4.97. The first-order valence-corrected chi connectivity index (χ1v) is 13.9. The molecule has 0 bridgehead atoms. The van der Waals surface area contributed by atoms with Crippen molar-refractivity contribution in [2.24, 2.45) is 0 Å². The van der Waals surface area contributed by atoms with Crippen LogP contribution in [0.15, 0.2) is 71.2 Å². The number of hydrogen-bond acceptors (Lipinski definition) is 3. The number of carbonyl (C=O) groups is 1. The quantitative estimate of drug-likeness (QED) is 0.183. The average molecular weight is 563 g/mol. The predicted molar refractivity (Wildman–Crippen MR) is 155 cm³/mol. The number of fused-ring (bicyclic) bond motifs is 1. The molecule has 1 aromatic heterocycles. The van der Waals surface area contributed by atoms with E-state index in [9.17, 15) is 4.79 Å². The first kappa shape index (κ1) is 26.9. The molecule has 4 rings (SSSR count). The van der Waals surface area contributed by atoms with E-state index in [-0.39, 0.29) is 5.91 Å². The summed E-state index contributed by atoms with van der Waals surface area (Å²) in [5, 5.41) is 3.02. The highest BCUT2D eigenvalue weighted by Crippen LogP contribution is 2.28. The van der Waals surface area contributed by atoms with E-state index < -0.39 is 0 Å². The number of aromatic nitrogens is 2. The second kappa shape index (κ2) is 12.9. The summed E-state index contributed by atoms with van der Waals surface area (Å²) in [6.45, 7) is 8.52. The van der Waals surface area contributed by atoms with E-state index in [2.05, 4.69) is 83.0 Å². The van der Waals surface area contributed by atoms with Crippen LogP contribution in [0, 0.1) is 6.92 Å². The number of rotatable bonds is 12. The number of aryl methyl sites for hydroxylation is 2. The Morgan fingerprint density at radius 2 is 1.86 bits per heavy atom. The molecular weight excluding hydrogens is 526 g/mol. The number of nitrogens with one attached hydrogen (secondary N) is 1. The van der Waals surface area contributed by atoms with Crippen molar-refractivity contribution in [3.05, 3.63) is 93.7 Å². The molecule has 3 aromatic carbocycles. The van der Waals surface area contributed by atoms with Gasteiger partial charge in [-0.1, -0.05) is 66.5 Å². The van der Waals surface area contributed by atoms with Crippen LogP contribution in [0.25, 0.3) is 11.0 Å². The molecule has 0 unspecified atom stereocenters. The summed E-state index contributed by atoms with van der Waals surface area (Å²) >= 11 is 3.42. The zero-order chi connectivity index (χ0) is 26.2. The van der Waals surface area contributed by atoms with Crippen LogP contribution in [0.3, 0.4) is 0 Å². The van der Waals surface area contributed by atoms with Gasteiger partial charge in [-0.3, -0.25) is 4.79 Å². The van der Waals surface area contributed by atoms with Crippen LogP contribution >= 0.6 is 15.9 Å². The molecule has 0 fully saturated rings. The summed E-state index contributed by atoms with van der Waals surface area (Å²) in [6.07, 6.45) is 3.89. The van der Waals surface area contributed by atoms with Gasteiger partial charge in [-0.05, 0) is 73.2 Å². The molecular formula is C31H36BrN3O2. The highest BCUT2D eigenvalue weighted by Gasteiger charge is 2.12. The van der Waals surface area contributed by atoms with Gasteiger partial charge in [0, 0.05) is 23.0 Å². The third-order valence-corrected chi connectivity index (χ3v) is 7.04. The molecule has 4 aromatic rings. The summed E-state index contributed by atoms with van der Waals surface area (Å²) in [4.78, 5) is 17.2. The molecule has 0 spiro atoms. The van der Waals surface area contributed by atoms with Crippen molar-refractivity contribution in [2.75, 3.05) is 13.2 Å². The zero-order valence-corrected chi connectivity index (χ0v) is 23.6. The van der Waals surface area contributed by atoms with Gasteiger partial charge in [-0.25, -0.2) is 4.98 Å². The number of nitrogens with zero attached hydrogens (tertiary/aromatic N) is 2. The largest absolute Gasteiger partial charge is 0.491 e. The number of unbranched alkanes of at least 4 members (excludes halogenated alkanes) is 2. The maximum atomic E-state index is 12.3. The van der Waals surface area contributed by atoms with Gasteiger partial charge in [-0.15, -0.1) is 0 Å². The molecule has 0 saturated carbocycles. The lowest BCUT2D eigenvalue weighted by Gasteiger charge is -2.16. The Balaban J connectivity index is 1.31. The van der Waals surface area contributed by atoms with Crippen molar-refractivity contribution in [1.29, 1.82) is 0 Å². The topological polar surface area (TPSA) is 56.1 Å². The summed E-state index contributed by atoms with van der Waals surface area (Å²) in [6, 6.07) is 22.2. The number of amides is 1. The van der Waals surface area contributed by atoms with Crippen molar-refractivity contribution in [3.63, 3.8) is 0 Å². The number of para-hydroxylation sites is 2. The second-order valence-electron chi connectivity index (χ2n) is 9.79. The maximum Gasteiger partial charge on any atom is 0.251 e. The first-order chi connectivity index (χ1) is 17.9. The number of benzene rings is 3. The van der Waals surface area contributed by atoms with E-state index in [4.69, 9.17) is 9.72 Å². The van der Waals surface area contributed by atoms with Crippen LogP contribution in [0.5, 0.6) is 5.75 Å². The Morgan fingerprint density at radius 1 is 1.03 bits per heavy atom. The van der Waals surface area contributed by atoms with Gasteiger partial charge in [0.05, 0.1) is 17.6 Å². The number of ether oxygens (including phenoxy) is 1. The number of imidazole rings is 1. The number of hydrogen-bond donors (Lipinski definition) is 1. The van der Waals surface area contributed by atoms with Crippen molar-refractivity contribution in [1.82, 2.24) is 14.9 Å². The molecule has 0 saturated heterocycles. The predicted octanol–water partition coefficient (Wildman–Crippen LogP) is 7.45. The highest BCUT2D eigenvalue weighted by atomic mass is 79.9. The number of carbonyl (C=O) groups excluding carboxylic acids is 1. The van der Waals surface area contributed by atoms with E-state index in [0.29, 0.717) is 24.6 Å². The molecule has 0 aliphatic carbocycles. The van der Waals surface area contributed by atoms with Crippen LogP contribution in [-0.2, 0) is 13.0 Å². The van der Waals surface area contributed by atoms with Crippen molar-refractivity contribution in [2.45, 2.75) is 58.9 Å². The van der Waals surface area contributed by atoms with Crippen LogP contribution in [0.2, 0.25) is 0 Å².